The normalized spacial score (nSPS) is 22.2. The minimum atomic E-state index is -2.81. The van der Waals surface area contributed by atoms with Crippen molar-refractivity contribution in [3.63, 3.8) is 0 Å². The maximum atomic E-state index is 12.3. The Balaban J connectivity index is 1.46. The standard InChI is InChI=1S/C20H22F2N4O/c1-14-12-25(11-9-23-14)16-4-7-19-24-18(8-10-26(19)13-16)15-2-5-17(6-3-15)27-20(21)22/h2-8,13-14,20,23H,9-12H2,1H3/t14-/m0/s1. The van der Waals surface area contributed by atoms with Crippen molar-refractivity contribution in [2.45, 2.75) is 19.6 Å². The van der Waals surface area contributed by atoms with Crippen LogP contribution >= 0.6 is 0 Å². The van der Waals surface area contributed by atoms with Gasteiger partial charge in [0.05, 0.1) is 11.4 Å². The predicted octanol–water partition coefficient (Wildman–Crippen LogP) is 3.05. The maximum Gasteiger partial charge on any atom is 0.387 e. The topological polar surface area (TPSA) is 40.1 Å². The first-order valence-electron chi connectivity index (χ1n) is 9.07. The summed E-state index contributed by atoms with van der Waals surface area (Å²) >= 11 is 0. The number of piperazine rings is 1. The van der Waals surface area contributed by atoms with Crippen molar-refractivity contribution >= 4 is 11.5 Å². The predicted molar refractivity (Wildman–Crippen MR) is 101 cm³/mol. The van der Waals surface area contributed by atoms with Crippen LogP contribution in [0.5, 0.6) is 5.75 Å². The summed E-state index contributed by atoms with van der Waals surface area (Å²) in [5.74, 6) is 1.03. The molecule has 27 heavy (non-hydrogen) atoms. The molecule has 0 unspecified atom stereocenters. The summed E-state index contributed by atoms with van der Waals surface area (Å²) < 4.78 is 28.9. The molecule has 5 nitrogen and oxygen atoms in total. The van der Waals surface area contributed by atoms with Gasteiger partial charge in [0.1, 0.15) is 11.6 Å². The highest BCUT2D eigenvalue weighted by atomic mass is 19.3. The number of ether oxygens (including phenoxy) is 1. The molecule has 7 heteroatoms. The zero-order valence-corrected chi connectivity index (χ0v) is 15.1. The van der Waals surface area contributed by atoms with E-state index in [0.717, 1.165) is 43.3 Å². The summed E-state index contributed by atoms with van der Waals surface area (Å²) in [4.78, 5) is 9.22. The van der Waals surface area contributed by atoms with Gasteiger partial charge < -0.3 is 19.9 Å². The fourth-order valence-electron chi connectivity index (χ4n) is 3.47. The molecular formula is C20H22F2N4O. The summed E-state index contributed by atoms with van der Waals surface area (Å²) in [6, 6.07) is 7.05. The number of benzene rings is 1. The molecule has 0 radical (unpaired) electrons. The number of aliphatic imine (C=N–C) groups is 1. The molecule has 0 spiro atoms. The number of rotatable bonds is 4. The molecule has 1 atom stereocenters. The van der Waals surface area contributed by atoms with Gasteiger partial charge in [-0.25, -0.2) is 4.99 Å². The van der Waals surface area contributed by atoms with Gasteiger partial charge in [-0.05, 0) is 49.4 Å². The largest absolute Gasteiger partial charge is 0.435 e. The van der Waals surface area contributed by atoms with Crippen LogP contribution in [0.2, 0.25) is 0 Å². The molecule has 3 aliphatic heterocycles. The molecule has 0 amide bonds. The number of fused-ring (bicyclic) bond motifs is 1. The Bertz CT molecular complexity index is 814. The van der Waals surface area contributed by atoms with Gasteiger partial charge >= 0.3 is 6.61 Å². The number of nitrogens with zero attached hydrogens (tertiary/aromatic N) is 3. The van der Waals surface area contributed by atoms with Crippen molar-refractivity contribution in [3.8, 4) is 5.75 Å². The number of nitrogens with one attached hydrogen (secondary N) is 1. The summed E-state index contributed by atoms with van der Waals surface area (Å²) in [5.41, 5.74) is 2.91. The Morgan fingerprint density at radius 3 is 2.78 bits per heavy atom. The lowest BCUT2D eigenvalue weighted by molar-refractivity contribution is -0.0498. The van der Waals surface area contributed by atoms with E-state index in [1.54, 1.807) is 12.1 Å². The Labute approximate surface area is 157 Å². The van der Waals surface area contributed by atoms with Gasteiger partial charge in [-0.3, -0.25) is 0 Å². The highest BCUT2D eigenvalue weighted by Crippen LogP contribution is 2.26. The van der Waals surface area contributed by atoms with E-state index in [1.165, 1.54) is 17.8 Å². The molecule has 4 rings (SSSR count). The molecule has 0 saturated carbocycles. The van der Waals surface area contributed by atoms with Crippen LogP contribution in [0.4, 0.5) is 8.78 Å². The number of alkyl halides is 2. The first-order chi connectivity index (χ1) is 13.1. The number of allylic oxidation sites excluding steroid dienone is 1. The Morgan fingerprint density at radius 1 is 1.22 bits per heavy atom. The van der Waals surface area contributed by atoms with Crippen LogP contribution < -0.4 is 10.1 Å². The van der Waals surface area contributed by atoms with Crippen LogP contribution in [0.3, 0.4) is 0 Å². The third-order valence-corrected chi connectivity index (χ3v) is 4.81. The number of halogens is 2. The SMILES string of the molecule is C[C@H]1CN(C2=CN3CC=C(c4ccc(OC(F)F)cc4)N=C3C=C2)CCN1. The fourth-order valence-corrected chi connectivity index (χ4v) is 3.47. The van der Waals surface area contributed by atoms with Gasteiger partial charge in [-0.2, -0.15) is 8.78 Å². The molecule has 1 saturated heterocycles. The highest BCUT2D eigenvalue weighted by molar-refractivity contribution is 6.00. The molecular weight excluding hydrogens is 350 g/mol. The lowest BCUT2D eigenvalue weighted by Crippen LogP contribution is -2.49. The average Bonchev–Trinajstić information content (AvgIpc) is 2.67. The maximum absolute atomic E-state index is 12.3. The van der Waals surface area contributed by atoms with Gasteiger partial charge in [-0.1, -0.05) is 0 Å². The molecule has 1 fully saturated rings. The van der Waals surface area contributed by atoms with Crippen LogP contribution in [-0.2, 0) is 0 Å². The molecule has 0 bridgehead atoms. The highest BCUT2D eigenvalue weighted by Gasteiger charge is 2.22. The number of amidine groups is 1. The molecule has 1 aromatic rings. The summed E-state index contributed by atoms with van der Waals surface area (Å²) in [6.45, 7) is 3.08. The third-order valence-electron chi connectivity index (χ3n) is 4.81. The van der Waals surface area contributed by atoms with E-state index in [2.05, 4.69) is 39.1 Å². The lowest BCUT2D eigenvalue weighted by atomic mass is 10.1. The van der Waals surface area contributed by atoms with Crippen LogP contribution in [-0.4, -0.2) is 54.5 Å². The molecule has 0 aromatic heterocycles. The van der Waals surface area contributed by atoms with E-state index in [1.807, 2.05) is 12.2 Å². The first kappa shape index (κ1) is 17.7. The van der Waals surface area contributed by atoms with Crippen molar-refractivity contribution < 1.29 is 13.5 Å². The van der Waals surface area contributed by atoms with E-state index in [0.29, 0.717) is 6.04 Å². The number of hydrogen-bond donors (Lipinski definition) is 1. The van der Waals surface area contributed by atoms with E-state index >= 15 is 0 Å². The van der Waals surface area contributed by atoms with Crippen molar-refractivity contribution in [3.05, 3.63) is 60.0 Å². The monoisotopic (exact) mass is 372 g/mol. The van der Waals surface area contributed by atoms with Gasteiger partial charge in [0, 0.05) is 44.0 Å². The summed E-state index contributed by atoms with van der Waals surface area (Å²) in [7, 11) is 0. The number of hydrogen-bond acceptors (Lipinski definition) is 5. The second kappa shape index (κ2) is 7.52. The van der Waals surface area contributed by atoms with Crippen molar-refractivity contribution in [2.75, 3.05) is 26.2 Å². The van der Waals surface area contributed by atoms with Gasteiger partial charge in [0.2, 0.25) is 0 Å². The van der Waals surface area contributed by atoms with E-state index < -0.39 is 6.61 Å². The second-order valence-corrected chi connectivity index (χ2v) is 6.80. The van der Waals surface area contributed by atoms with E-state index in [-0.39, 0.29) is 5.75 Å². The van der Waals surface area contributed by atoms with Crippen molar-refractivity contribution in [1.29, 1.82) is 0 Å². The molecule has 0 aliphatic carbocycles. The van der Waals surface area contributed by atoms with Crippen LogP contribution in [0.1, 0.15) is 12.5 Å². The lowest BCUT2D eigenvalue weighted by Gasteiger charge is -2.37. The van der Waals surface area contributed by atoms with Crippen LogP contribution in [0.15, 0.2) is 59.4 Å². The molecule has 1 aromatic carbocycles. The zero-order valence-electron chi connectivity index (χ0n) is 15.1. The molecule has 3 heterocycles. The fraction of sp³-hybridized carbons (Fsp3) is 0.350. The van der Waals surface area contributed by atoms with E-state index in [9.17, 15) is 8.78 Å². The van der Waals surface area contributed by atoms with Crippen LogP contribution in [0.25, 0.3) is 5.70 Å². The Hall–Kier alpha value is -2.67. The Morgan fingerprint density at radius 2 is 2.04 bits per heavy atom. The van der Waals surface area contributed by atoms with Crippen molar-refractivity contribution in [2.24, 2.45) is 4.99 Å². The molecule has 1 N–H and O–H groups in total. The van der Waals surface area contributed by atoms with E-state index in [4.69, 9.17) is 4.99 Å². The molecule has 3 aliphatic rings. The smallest absolute Gasteiger partial charge is 0.387 e. The van der Waals surface area contributed by atoms with Gasteiger partial charge in [0.25, 0.3) is 0 Å². The minimum Gasteiger partial charge on any atom is -0.435 e. The summed E-state index contributed by atoms with van der Waals surface area (Å²) in [5, 5.41) is 3.46. The van der Waals surface area contributed by atoms with Crippen molar-refractivity contribution in [1.82, 2.24) is 15.1 Å². The van der Waals surface area contributed by atoms with Gasteiger partial charge in [0.15, 0.2) is 0 Å². The zero-order chi connectivity index (χ0) is 18.8. The third kappa shape index (κ3) is 4.03. The Kier molecular flexibility index (Phi) is 4.94. The average molecular weight is 372 g/mol. The quantitative estimate of drug-likeness (QED) is 0.882. The molecule has 142 valence electrons. The van der Waals surface area contributed by atoms with Crippen LogP contribution in [0, 0.1) is 0 Å². The first-order valence-corrected chi connectivity index (χ1v) is 9.07. The minimum absolute atomic E-state index is 0.148. The summed E-state index contributed by atoms with van der Waals surface area (Å²) in [6.07, 6.45) is 8.32. The second-order valence-electron chi connectivity index (χ2n) is 6.80. The van der Waals surface area contributed by atoms with Gasteiger partial charge in [-0.15, -0.1) is 0 Å².